The maximum atomic E-state index is 13.2. The van der Waals surface area contributed by atoms with E-state index in [0.717, 1.165) is 6.07 Å². The van der Waals surface area contributed by atoms with Crippen molar-refractivity contribution in [2.24, 2.45) is 0 Å². The van der Waals surface area contributed by atoms with Gasteiger partial charge in [0, 0.05) is 16.8 Å². The predicted molar refractivity (Wildman–Crippen MR) is 117 cm³/mol. The lowest BCUT2D eigenvalue weighted by Crippen LogP contribution is -2.27. The van der Waals surface area contributed by atoms with E-state index in [-0.39, 0.29) is 39.2 Å². The van der Waals surface area contributed by atoms with Gasteiger partial charge in [-0.3, -0.25) is 14.1 Å². The van der Waals surface area contributed by atoms with Crippen molar-refractivity contribution in [3.05, 3.63) is 63.7 Å². The lowest BCUT2D eigenvalue weighted by Gasteiger charge is -2.23. The summed E-state index contributed by atoms with van der Waals surface area (Å²) in [4.78, 5) is 37.2. The first-order valence-electron chi connectivity index (χ1n) is 8.93. The van der Waals surface area contributed by atoms with E-state index in [1.54, 1.807) is 19.1 Å². The fraction of sp³-hybridized carbons (Fsp3) is 0.0556. The van der Waals surface area contributed by atoms with E-state index in [4.69, 9.17) is 17.3 Å². The first-order valence-corrected chi connectivity index (χ1v) is 10.7. The van der Waals surface area contributed by atoms with Crippen LogP contribution in [0.4, 0.5) is 17.3 Å². The van der Waals surface area contributed by atoms with Gasteiger partial charge in [0.25, 0.3) is 10.1 Å². The maximum Gasteiger partial charge on any atom is 0.388 e. The third kappa shape index (κ3) is 3.77. The Labute approximate surface area is 187 Å². The number of rotatable bonds is 5. The molecule has 0 atom stereocenters. The SMILES string of the molecule is Cc1nc(Cl)nc(N[B]Nc2cc(S(=O)(=O)O)c(N)c3c2C(=O)c2ccccc2C3=O)n1. The normalized spacial score (nSPS) is 12.7. The number of nitrogens with two attached hydrogens (primary N) is 1. The first-order chi connectivity index (χ1) is 15.1. The number of aromatic nitrogens is 3. The van der Waals surface area contributed by atoms with Gasteiger partial charge in [0.1, 0.15) is 10.7 Å². The van der Waals surface area contributed by atoms with E-state index in [1.807, 2.05) is 0 Å². The van der Waals surface area contributed by atoms with Gasteiger partial charge in [-0.15, -0.1) is 0 Å². The molecule has 161 valence electrons. The van der Waals surface area contributed by atoms with E-state index in [9.17, 15) is 22.6 Å². The van der Waals surface area contributed by atoms with E-state index < -0.39 is 32.3 Å². The Morgan fingerprint density at radius 3 is 2.25 bits per heavy atom. The van der Waals surface area contributed by atoms with Gasteiger partial charge in [0.05, 0.1) is 16.8 Å². The number of nitrogens with one attached hydrogen (secondary N) is 2. The standard InChI is InChI=1S/C18H13BClN6O5S/c1-7-22-17(20)24-18(23-7)26-19-25-10-6-11(32(29,30)31)14(21)13-12(10)15(27)8-4-2-3-5-9(8)16(13)28/h2-6,25H,21H2,1H3,(H,29,30,31)(H,22,23,24,26). The quantitative estimate of drug-likeness (QED) is 0.188. The predicted octanol–water partition coefficient (Wildman–Crippen LogP) is 1.50. The molecular formula is C18H13BClN6O5S. The van der Waals surface area contributed by atoms with Crippen molar-refractivity contribution >= 4 is 58.2 Å². The van der Waals surface area contributed by atoms with Crippen LogP contribution < -0.4 is 16.2 Å². The van der Waals surface area contributed by atoms with Gasteiger partial charge in [0.2, 0.25) is 11.2 Å². The second kappa shape index (κ2) is 7.86. The summed E-state index contributed by atoms with van der Waals surface area (Å²) in [5.74, 6) is -0.772. The molecule has 1 heterocycles. The van der Waals surface area contributed by atoms with Crippen LogP contribution in [0.2, 0.25) is 5.28 Å². The third-order valence-corrected chi connectivity index (χ3v) is 5.69. The van der Waals surface area contributed by atoms with Crippen LogP contribution in [-0.2, 0) is 10.1 Å². The van der Waals surface area contributed by atoms with Crippen LogP contribution in [0.1, 0.15) is 37.7 Å². The number of nitrogen functional groups attached to an aromatic ring is 1. The number of halogens is 1. The molecule has 0 bridgehead atoms. The molecule has 11 nitrogen and oxygen atoms in total. The first kappa shape index (κ1) is 21.7. The highest BCUT2D eigenvalue weighted by atomic mass is 35.5. The molecule has 32 heavy (non-hydrogen) atoms. The van der Waals surface area contributed by atoms with E-state index in [1.165, 1.54) is 19.7 Å². The molecule has 14 heteroatoms. The Hall–Kier alpha value is -3.55. The monoisotopic (exact) mass is 471 g/mol. The van der Waals surface area contributed by atoms with Crippen molar-refractivity contribution in [1.82, 2.24) is 15.0 Å². The van der Waals surface area contributed by atoms with Crippen molar-refractivity contribution in [2.45, 2.75) is 11.8 Å². The van der Waals surface area contributed by atoms with Gasteiger partial charge in [-0.1, -0.05) is 24.3 Å². The molecule has 1 aliphatic rings. The smallest absolute Gasteiger partial charge is 0.388 e. The number of carbonyl (C=O) groups is 2. The van der Waals surface area contributed by atoms with Crippen LogP contribution in [0.25, 0.3) is 0 Å². The minimum atomic E-state index is -4.81. The number of ketones is 2. The molecule has 1 aliphatic carbocycles. The second-order valence-electron chi connectivity index (χ2n) is 6.67. The van der Waals surface area contributed by atoms with Crippen molar-refractivity contribution in [3.63, 3.8) is 0 Å². The molecule has 0 unspecified atom stereocenters. The highest BCUT2D eigenvalue weighted by Gasteiger charge is 2.36. The zero-order valence-corrected chi connectivity index (χ0v) is 17.8. The summed E-state index contributed by atoms with van der Waals surface area (Å²) in [6.45, 7) is 1.60. The highest BCUT2D eigenvalue weighted by molar-refractivity contribution is 7.86. The molecule has 0 spiro atoms. The van der Waals surface area contributed by atoms with Crippen LogP contribution in [-0.4, -0.2) is 47.0 Å². The zero-order valence-electron chi connectivity index (χ0n) is 16.2. The minimum absolute atomic E-state index is 0.0516. The van der Waals surface area contributed by atoms with Crippen LogP contribution >= 0.6 is 11.6 Å². The number of aryl methyl sites for hydroxylation is 1. The van der Waals surface area contributed by atoms with Gasteiger partial charge in [0.15, 0.2) is 11.6 Å². The lowest BCUT2D eigenvalue weighted by atomic mass is 9.82. The van der Waals surface area contributed by atoms with Gasteiger partial charge >= 0.3 is 7.55 Å². The summed E-state index contributed by atoms with van der Waals surface area (Å²) in [5, 5.41) is 5.32. The van der Waals surface area contributed by atoms with Crippen LogP contribution in [0.15, 0.2) is 35.2 Å². The Balaban J connectivity index is 1.80. The summed E-state index contributed by atoms with van der Waals surface area (Å²) in [5.41, 5.74) is 5.07. The Morgan fingerprint density at radius 1 is 1.03 bits per heavy atom. The topological polar surface area (TPSA) is 177 Å². The molecule has 2 aromatic carbocycles. The van der Waals surface area contributed by atoms with Crippen molar-refractivity contribution in [2.75, 3.05) is 16.2 Å². The van der Waals surface area contributed by atoms with Crippen LogP contribution in [0, 0.1) is 6.92 Å². The maximum absolute atomic E-state index is 13.2. The third-order valence-electron chi connectivity index (χ3n) is 4.63. The number of fused-ring (bicyclic) bond motifs is 2. The molecule has 0 fully saturated rings. The molecule has 5 N–H and O–H groups in total. The molecule has 3 aromatic rings. The van der Waals surface area contributed by atoms with Crippen molar-refractivity contribution < 1.29 is 22.6 Å². The Kier molecular flexibility index (Phi) is 5.32. The Morgan fingerprint density at radius 2 is 1.66 bits per heavy atom. The average Bonchev–Trinajstić information content (AvgIpc) is 2.71. The number of nitrogens with zero attached hydrogens (tertiary/aromatic N) is 3. The molecule has 1 radical (unpaired) electrons. The van der Waals surface area contributed by atoms with Crippen LogP contribution in [0.3, 0.4) is 0 Å². The molecule has 4 rings (SSSR count). The molecular weight excluding hydrogens is 459 g/mol. The van der Waals surface area contributed by atoms with E-state index >= 15 is 0 Å². The van der Waals surface area contributed by atoms with Crippen molar-refractivity contribution in [3.8, 4) is 0 Å². The summed E-state index contributed by atoms with van der Waals surface area (Å²) >= 11 is 5.79. The van der Waals surface area contributed by atoms with Gasteiger partial charge in [-0.25, -0.2) is 4.98 Å². The summed E-state index contributed by atoms with van der Waals surface area (Å²) < 4.78 is 33.4. The molecule has 1 aromatic heterocycles. The zero-order chi connectivity index (χ0) is 23.2. The summed E-state index contributed by atoms with van der Waals surface area (Å²) in [6, 6.07) is 7.04. The summed E-state index contributed by atoms with van der Waals surface area (Å²) in [6.07, 6.45) is 0. The number of benzene rings is 2. The Bertz CT molecular complexity index is 1390. The molecule has 0 amide bonds. The largest absolute Gasteiger partial charge is 0.412 e. The molecule has 0 aliphatic heterocycles. The summed E-state index contributed by atoms with van der Waals surface area (Å²) in [7, 11) is -3.61. The lowest BCUT2D eigenvalue weighted by molar-refractivity contribution is 0.0980. The van der Waals surface area contributed by atoms with E-state index in [0.29, 0.717) is 5.82 Å². The van der Waals surface area contributed by atoms with Crippen molar-refractivity contribution in [1.29, 1.82) is 0 Å². The van der Waals surface area contributed by atoms with Gasteiger partial charge < -0.3 is 16.2 Å². The number of carbonyl (C=O) groups excluding carboxylic acids is 2. The molecule has 0 saturated carbocycles. The fourth-order valence-electron chi connectivity index (χ4n) is 3.31. The average molecular weight is 472 g/mol. The highest BCUT2D eigenvalue weighted by Crippen LogP contribution is 2.38. The number of hydrogen-bond donors (Lipinski definition) is 4. The molecule has 0 saturated heterocycles. The number of hydrogen-bond acceptors (Lipinski definition) is 10. The van der Waals surface area contributed by atoms with Gasteiger partial charge in [-0.05, 0) is 24.6 Å². The minimum Gasteiger partial charge on any atom is -0.412 e. The van der Waals surface area contributed by atoms with Crippen LogP contribution in [0.5, 0.6) is 0 Å². The van der Waals surface area contributed by atoms with E-state index in [2.05, 4.69) is 25.4 Å². The van der Waals surface area contributed by atoms with Gasteiger partial charge in [-0.2, -0.15) is 18.4 Å². The number of anilines is 3. The second-order valence-corrected chi connectivity index (χ2v) is 8.40. The fourth-order valence-corrected chi connectivity index (χ4v) is 4.16.